The van der Waals surface area contributed by atoms with Gasteiger partial charge in [-0.3, -0.25) is 4.90 Å². The molecule has 0 radical (unpaired) electrons. The van der Waals surface area contributed by atoms with E-state index in [1.54, 1.807) is 6.26 Å². The molecule has 118 valence electrons. The van der Waals surface area contributed by atoms with Gasteiger partial charge >= 0.3 is 6.03 Å². The Morgan fingerprint density at radius 2 is 2.00 bits per heavy atom. The predicted molar refractivity (Wildman–Crippen MR) is 83.0 cm³/mol. The van der Waals surface area contributed by atoms with E-state index in [4.69, 9.17) is 4.42 Å². The van der Waals surface area contributed by atoms with E-state index in [0.29, 0.717) is 12.0 Å². The van der Waals surface area contributed by atoms with E-state index in [9.17, 15) is 4.79 Å². The van der Waals surface area contributed by atoms with Gasteiger partial charge in [-0.1, -0.05) is 20.8 Å². The quantitative estimate of drug-likeness (QED) is 0.928. The molecule has 2 rings (SSSR count). The summed E-state index contributed by atoms with van der Waals surface area (Å²) in [5.74, 6) is 0.784. The van der Waals surface area contributed by atoms with Crippen molar-refractivity contribution >= 4 is 6.03 Å². The van der Waals surface area contributed by atoms with Crippen molar-refractivity contribution in [1.82, 2.24) is 15.1 Å². The van der Waals surface area contributed by atoms with E-state index in [1.165, 1.54) is 6.42 Å². The molecule has 0 bridgehead atoms. The fraction of sp³-hybridized carbons (Fsp3) is 0.688. The highest BCUT2D eigenvalue weighted by Crippen LogP contribution is 2.19. The Morgan fingerprint density at radius 3 is 2.57 bits per heavy atom. The minimum atomic E-state index is 0.00173. The Hall–Kier alpha value is -1.49. The third-order valence-corrected chi connectivity index (χ3v) is 3.83. The molecule has 1 aliphatic rings. The van der Waals surface area contributed by atoms with Crippen LogP contribution in [-0.2, 0) is 6.54 Å². The molecular weight excluding hydrogens is 266 g/mol. The third kappa shape index (κ3) is 5.42. The molecule has 0 aliphatic carbocycles. The maximum atomic E-state index is 12.1. The molecule has 1 saturated heterocycles. The van der Waals surface area contributed by atoms with Crippen LogP contribution >= 0.6 is 0 Å². The minimum Gasteiger partial charge on any atom is -0.467 e. The summed E-state index contributed by atoms with van der Waals surface area (Å²) in [6, 6.07) is 3.70. The van der Waals surface area contributed by atoms with Gasteiger partial charge in [0.15, 0.2) is 0 Å². The second kappa shape index (κ2) is 6.98. The highest BCUT2D eigenvalue weighted by atomic mass is 16.3. The van der Waals surface area contributed by atoms with E-state index in [2.05, 4.69) is 31.0 Å². The van der Waals surface area contributed by atoms with E-state index < -0.39 is 0 Å². The van der Waals surface area contributed by atoms with Crippen LogP contribution in [0.1, 0.15) is 33.0 Å². The second-order valence-corrected chi connectivity index (χ2v) is 6.88. The Labute approximate surface area is 127 Å². The van der Waals surface area contributed by atoms with E-state index in [0.717, 1.165) is 38.5 Å². The number of furan rings is 1. The number of rotatable bonds is 4. The van der Waals surface area contributed by atoms with Gasteiger partial charge in [0.25, 0.3) is 0 Å². The normalized spacial score (nSPS) is 17.0. The topological polar surface area (TPSA) is 48.7 Å². The summed E-state index contributed by atoms with van der Waals surface area (Å²) < 4.78 is 5.21. The summed E-state index contributed by atoms with van der Waals surface area (Å²) in [6.07, 6.45) is 2.81. The van der Waals surface area contributed by atoms with Crippen molar-refractivity contribution in [1.29, 1.82) is 0 Å². The maximum absolute atomic E-state index is 12.1. The number of nitrogens with zero attached hydrogens (tertiary/aromatic N) is 2. The fourth-order valence-corrected chi connectivity index (χ4v) is 2.36. The van der Waals surface area contributed by atoms with Crippen molar-refractivity contribution in [2.45, 2.75) is 33.7 Å². The van der Waals surface area contributed by atoms with Gasteiger partial charge in [-0.05, 0) is 30.5 Å². The van der Waals surface area contributed by atoms with Crippen molar-refractivity contribution in [3.63, 3.8) is 0 Å². The first-order chi connectivity index (χ1) is 9.94. The first-order valence-corrected chi connectivity index (χ1v) is 7.71. The zero-order valence-corrected chi connectivity index (χ0v) is 13.4. The largest absolute Gasteiger partial charge is 0.467 e. The molecule has 0 atom stereocenters. The monoisotopic (exact) mass is 293 g/mol. The van der Waals surface area contributed by atoms with Crippen LogP contribution in [0, 0.1) is 5.41 Å². The van der Waals surface area contributed by atoms with Crippen LogP contribution in [0.4, 0.5) is 4.79 Å². The molecule has 2 amide bonds. The van der Waals surface area contributed by atoms with Crippen molar-refractivity contribution < 1.29 is 9.21 Å². The van der Waals surface area contributed by atoms with Gasteiger partial charge in [-0.15, -0.1) is 0 Å². The Bertz CT molecular complexity index is 429. The van der Waals surface area contributed by atoms with Gasteiger partial charge in [0.1, 0.15) is 5.76 Å². The molecule has 0 aromatic carbocycles. The summed E-state index contributed by atoms with van der Waals surface area (Å²) in [5.41, 5.74) is 0.373. The van der Waals surface area contributed by atoms with Crippen LogP contribution in [-0.4, -0.2) is 48.6 Å². The van der Waals surface area contributed by atoms with Gasteiger partial charge in [-0.2, -0.15) is 0 Å². The Morgan fingerprint density at radius 1 is 1.29 bits per heavy atom. The Kier molecular flexibility index (Phi) is 5.28. The molecule has 1 N–H and O–H groups in total. The highest BCUT2D eigenvalue weighted by Gasteiger charge is 2.22. The van der Waals surface area contributed by atoms with E-state index in [-0.39, 0.29) is 6.03 Å². The zero-order chi connectivity index (χ0) is 15.3. The number of nitrogens with one attached hydrogen (secondary N) is 1. The molecule has 0 saturated carbocycles. The SMILES string of the molecule is CC(C)(C)CCN1CCN(C(=O)NCc2ccco2)CC1. The summed E-state index contributed by atoms with van der Waals surface area (Å²) in [5, 5.41) is 2.90. The number of urea groups is 1. The standard InChI is InChI=1S/C16H27N3O2/c1-16(2,3)6-7-18-8-10-19(11-9-18)15(20)17-13-14-5-4-12-21-14/h4-5,12H,6-11,13H2,1-3H3,(H,17,20). The molecule has 5 nitrogen and oxygen atoms in total. The molecule has 2 heterocycles. The predicted octanol–water partition coefficient (Wildman–Crippen LogP) is 2.54. The van der Waals surface area contributed by atoms with Crippen molar-refractivity contribution in [2.75, 3.05) is 32.7 Å². The summed E-state index contributed by atoms with van der Waals surface area (Å²) in [4.78, 5) is 16.4. The molecule has 1 aromatic rings. The first kappa shape index (κ1) is 15.9. The second-order valence-electron chi connectivity index (χ2n) is 6.88. The van der Waals surface area contributed by atoms with Gasteiger partial charge in [0.2, 0.25) is 0 Å². The smallest absolute Gasteiger partial charge is 0.317 e. The molecule has 0 spiro atoms. The van der Waals surface area contributed by atoms with Gasteiger partial charge in [0.05, 0.1) is 12.8 Å². The van der Waals surface area contributed by atoms with E-state index in [1.807, 2.05) is 17.0 Å². The lowest BCUT2D eigenvalue weighted by Crippen LogP contribution is -2.51. The minimum absolute atomic E-state index is 0.00173. The first-order valence-electron chi connectivity index (χ1n) is 7.71. The third-order valence-electron chi connectivity index (χ3n) is 3.83. The summed E-state index contributed by atoms with van der Waals surface area (Å²) in [6.45, 7) is 11.9. The highest BCUT2D eigenvalue weighted by molar-refractivity contribution is 5.74. The molecule has 5 heteroatoms. The lowest BCUT2D eigenvalue weighted by molar-refractivity contribution is 0.129. The number of carbonyl (C=O) groups excluding carboxylic acids is 1. The molecular formula is C16H27N3O2. The van der Waals surface area contributed by atoms with Crippen LogP contribution in [0.2, 0.25) is 0 Å². The summed E-state index contributed by atoms with van der Waals surface area (Å²) >= 11 is 0. The number of hydrogen-bond donors (Lipinski definition) is 1. The van der Waals surface area contributed by atoms with Crippen LogP contribution < -0.4 is 5.32 Å². The van der Waals surface area contributed by atoms with Crippen molar-refractivity contribution in [3.05, 3.63) is 24.2 Å². The molecule has 1 aliphatic heterocycles. The van der Waals surface area contributed by atoms with Crippen LogP contribution in [0.15, 0.2) is 22.8 Å². The fourth-order valence-electron chi connectivity index (χ4n) is 2.36. The van der Waals surface area contributed by atoms with Crippen molar-refractivity contribution in [2.24, 2.45) is 5.41 Å². The molecule has 1 aromatic heterocycles. The average Bonchev–Trinajstić information content (AvgIpc) is 2.95. The molecule has 21 heavy (non-hydrogen) atoms. The van der Waals surface area contributed by atoms with Gasteiger partial charge in [-0.25, -0.2) is 4.79 Å². The number of amides is 2. The van der Waals surface area contributed by atoms with E-state index >= 15 is 0 Å². The zero-order valence-electron chi connectivity index (χ0n) is 13.4. The average molecular weight is 293 g/mol. The maximum Gasteiger partial charge on any atom is 0.317 e. The number of carbonyl (C=O) groups is 1. The lowest BCUT2D eigenvalue weighted by Gasteiger charge is -2.35. The van der Waals surface area contributed by atoms with Crippen LogP contribution in [0.25, 0.3) is 0 Å². The van der Waals surface area contributed by atoms with Crippen LogP contribution in [0.3, 0.4) is 0 Å². The van der Waals surface area contributed by atoms with Crippen molar-refractivity contribution in [3.8, 4) is 0 Å². The lowest BCUT2D eigenvalue weighted by atomic mass is 9.92. The molecule has 1 fully saturated rings. The molecule has 0 unspecified atom stereocenters. The number of piperazine rings is 1. The van der Waals surface area contributed by atoms with Gasteiger partial charge in [0, 0.05) is 26.2 Å². The number of hydrogen-bond acceptors (Lipinski definition) is 3. The summed E-state index contributed by atoms with van der Waals surface area (Å²) in [7, 11) is 0. The Balaban J connectivity index is 1.67. The van der Waals surface area contributed by atoms with Gasteiger partial charge < -0.3 is 14.6 Å². The van der Waals surface area contributed by atoms with Crippen LogP contribution in [0.5, 0.6) is 0 Å².